The average Bonchev–Trinajstić information content (AvgIpc) is 2.38. The van der Waals surface area contributed by atoms with Crippen molar-refractivity contribution in [2.24, 2.45) is 5.92 Å². The number of amides is 1. The highest BCUT2D eigenvalue weighted by Crippen LogP contribution is 2.26. The number of rotatable bonds is 8. The Hall–Kier alpha value is -0.770. The quantitative estimate of drug-likeness (QED) is 0.714. The van der Waals surface area contributed by atoms with E-state index in [-0.39, 0.29) is 30.2 Å². The van der Waals surface area contributed by atoms with Crippen molar-refractivity contribution >= 4 is 29.9 Å². The molecule has 2 N–H and O–H groups in total. The number of hydrogen-bond acceptors (Lipinski definition) is 2. The number of halogens is 2. The first-order valence-corrected chi connectivity index (χ1v) is 7.68. The molecule has 0 spiro atoms. The Bertz CT molecular complexity index is 424. The summed E-state index contributed by atoms with van der Waals surface area (Å²) >= 11 is 6.02. The van der Waals surface area contributed by atoms with Crippen LogP contribution in [0, 0.1) is 5.92 Å². The van der Waals surface area contributed by atoms with Gasteiger partial charge in [0.15, 0.2) is 0 Å². The molecule has 0 aliphatic carbocycles. The molecule has 3 nitrogen and oxygen atoms in total. The maximum atomic E-state index is 12.3. The highest BCUT2D eigenvalue weighted by molar-refractivity contribution is 6.30. The molecule has 0 radical (unpaired) electrons. The van der Waals surface area contributed by atoms with Gasteiger partial charge in [0, 0.05) is 18.1 Å². The van der Waals surface area contributed by atoms with E-state index in [9.17, 15) is 4.79 Å². The van der Waals surface area contributed by atoms with Crippen LogP contribution in [0.15, 0.2) is 24.3 Å². The van der Waals surface area contributed by atoms with Crippen LogP contribution in [-0.4, -0.2) is 25.5 Å². The van der Waals surface area contributed by atoms with E-state index in [1.807, 2.05) is 24.3 Å². The van der Waals surface area contributed by atoms with Crippen LogP contribution in [0.1, 0.15) is 38.7 Å². The van der Waals surface area contributed by atoms with Gasteiger partial charge >= 0.3 is 0 Å². The first-order chi connectivity index (χ1) is 9.56. The molecular formula is C16H26Cl2N2O. The first-order valence-electron chi connectivity index (χ1n) is 7.30. The summed E-state index contributed by atoms with van der Waals surface area (Å²) in [5.41, 5.74) is 0.978. The zero-order valence-electron chi connectivity index (χ0n) is 13.0. The second kappa shape index (κ2) is 10.9. The summed E-state index contributed by atoms with van der Waals surface area (Å²) in [6.45, 7) is 8.68. The molecule has 0 saturated heterocycles. The molecule has 0 heterocycles. The van der Waals surface area contributed by atoms with Crippen molar-refractivity contribution < 1.29 is 4.79 Å². The number of carbonyl (C=O) groups is 1. The molecule has 1 rings (SSSR count). The van der Waals surface area contributed by atoms with E-state index in [1.165, 1.54) is 0 Å². The van der Waals surface area contributed by atoms with Gasteiger partial charge in [-0.3, -0.25) is 4.79 Å². The number of benzene rings is 1. The van der Waals surface area contributed by atoms with Gasteiger partial charge in [0.2, 0.25) is 5.91 Å². The van der Waals surface area contributed by atoms with E-state index in [4.69, 9.17) is 11.6 Å². The third-order valence-corrected chi connectivity index (χ3v) is 3.42. The lowest BCUT2D eigenvalue weighted by molar-refractivity contribution is -0.123. The van der Waals surface area contributed by atoms with Crippen LogP contribution in [0.25, 0.3) is 0 Å². The van der Waals surface area contributed by atoms with Gasteiger partial charge in [0.1, 0.15) is 0 Å². The van der Waals surface area contributed by atoms with E-state index in [0.717, 1.165) is 25.1 Å². The van der Waals surface area contributed by atoms with E-state index >= 15 is 0 Å². The normalized spacial score (nSPS) is 11.9. The summed E-state index contributed by atoms with van der Waals surface area (Å²) in [5.74, 6) is 0.150. The Labute approximate surface area is 139 Å². The average molecular weight is 333 g/mol. The largest absolute Gasteiger partial charge is 0.354 e. The van der Waals surface area contributed by atoms with Crippen molar-refractivity contribution in [3.05, 3.63) is 34.9 Å². The summed E-state index contributed by atoms with van der Waals surface area (Å²) in [4.78, 5) is 12.3. The minimum Gasteiger partial charge on any atom is -0.354 e. The number of carbonyl (C=O) groups excluding carboxylic acids is 1. The fraction of sp³-hybridized carbons (Fsp3) is 0.562. The van der Waals surface area contributed by atoms with E-state index in [1.54, 1.807) is 0 Å². The molecule has 0 fully saturated rings. The molecule has 0 aliphatic rings. The molecule has 0 aliphatic heterocycles. The molecular weight excluding hydrogens is 307 g/mol. The SMILES string of the molecule is CCCNCCNC(=O)C(c1cccc(Cl)c1)C(C)C.Cl. The van der Waals surface area contributed by atoms with Gasteiger partial charge in [-0.25, -0.2) is 0 Å². The van der Waals surface area contributed by atoms with Crippen molar-refractivity contribution in [2.75, 3.05) is 19.6 Å². The van der Waals surface area contributed by atoms with Gasteiger partial charge < -0.3 is 10.6 Å². The van der Waals surface area contributed by atoms with Crippen molar-refractivity contribution in [1.82, 2.24) is 10.6 Å². The lowest BCUT2D eigenvalue weighted by atomic mass is 9.87. The Kier molecular flexibility index (Phi) is 10.5. The molecule has 21 heavy (non-hydrogen) atoms. The van der Waals surface area contributed by atoms with Gasteiger partial charge in [-0.1, -0.05) is 44.5 Å². The molecule has 1 aromatic rings. The van der Waals surface area contributed by atoms with Crippen molar-refractivity contribution in [3.63, 3.8) is 0 Å². The van der Waals surface area contributed by atoms with Crippen LogP contribution in [0.2, 0.25) is 5.02 Å². The van der Waals surface area contributed by atoms with E-state index < -0.39 is 0 Å². The second-order valence-corrected chi connectivity index (χ2v) is 5.75. The Balaban J connectivity index is 0.00000400. The third kappa shape index (κ3) is 7.16. The van der Waals surface area contributed by atoms with Crippen molar-refractivity contribution in [1.29, 1.82) is 0 Å². The lowest BCUT2D eigenvalue weighted by Gasteiger charge is -2.21. The molecule has 120 valence electrons. The van der Waals surface area contributed by atoms with Crippen LogP contribution in [0.4, 0.5) is 0 Å². The first kappa shape index (κ1) is 20.2. The van der Waals surface area contributed by atoms with Gasteiger partial charge in [0.25, 0.3) is 0 Å². The summed E-state index contributed by atoms with van der Waals surface area (Å²) in [6.07, 6.45) is 1.10. The summed E-state index contributed by atoms with van der Waals surface area (Å²) < 4.78 is 0. The highest BCUT2D eigenvalue weighted by Gasteiger charge is 2.23. The molecule has 1 unspecified atom stereocenters. The van der Waals surface area contributed by atoms with Crippen LogP contribution in [-0.2, 0) is 4.79 Å². The standard InChI is InChI=1S/C16H25ClN2O.ClH/c1-4-8-18-9-10-19-16(20)15(12(2)3)13-6-5-7-14(17)11-13;/h5-7,11-12,15,18H,4,8-10H2,1-3H3,(H,19,20);1H. The van der Waals surface area contributed by atoms with Crippen molar-refractivity contribution in [2.45, 2.75) is 33.1 Å². The summed E-state index contributed by atoms with van der Waals surface area (Å²) in [7, 11) is 0. The summed E-state index contributed by atoms with van der Waals surface area (Å²) in [5, 5.41) is 6.94. The number of hydrogen-bond donors (Lipinski definition) is 2. The van der Waals surface area contributed by atoms with Crippen LogP contribution in [0.3, 0.4) is 0 Å². The smallest absolute Gasteiger partial charge is 0.227 e. The molecule has 0 aromatic heterocycles. The maximum absolute atomic E-state index is 12.3. The predicted octanol–water partition coefficient (Wildman–Crippen LogP) is 3.62. The Morgan fingerprint density at radius 1 is 1.24 bits per heavy atom. The van der Waals surface area contributed by atoms with Gasteiger partial charge in [0.05, 0.1) is 5.92 Å². The minimum atomic E-state index is -0.153. The Morgan fingerprint density at radius 2 is 1.95 bits per heavy atom. The topological polar surface area (TPSA) is 41.1 Å². The van der Waals surface area contributed by atoms with Crippen molar-refractivity contribution in [3.8, 4) is 0 Å². The van der Waals surface area contributed by atoms with Crippen LogP contribution in [0.5, 0.6) is 0 Å². The molecule has 0 saturated carbocycles. The third-order valence-electron chi connectivity index (χ3n) is 3.18. The van der Waals surface area contributed by atoms with Gasteiger partial charge in [-0.2, -0.15) is 0 Å². The van der Waals surface area contributed by atoms with Gasteiger partial charge in [-0.15, -0.1) is 12.4 Å². The fourth-order valence-electron chi connectivity index (χ4n) is 2.22. The molecule has 1 aromatic carbocycles. The fourth-order valence-corrected chi connectivity index (χ4v) is 2.42. The van der Waals surface area contributed by atoms with Gasteiger partial charge in [-0.05, 0) is 36.6 Å². The maximum Gasteiger partial charge on any atom is 0.227 e. The molecule has 1 atom stereocenters. The zero-order chi connectivity index (χ0) is 15.0. The van der Waals surface area contributed by atoms with E-state index in [2.05, 4.69) is 31.4 Å². The van der Waals surface area contributed by atoms with Crippen LogP contribution < -0.4 is 10.6 Å². The zero-order valence-corrected chi connectivity index (χ0v) is 14.6. The molecule has 5 heteroatoms. The Morgan fingerprint density at radius 3 is 2.52 bits per heavy atom. The summed E-state index contributed by atoms with van der Waals surface area (Å²) in [6, 6.07) is 7.56. The molecule has 0 bridgehead atoms. The molecule has 1 amide bonds. The van der Waals surface area contributed by atoms with E-state index in [0.29, 0.717) is 11.6 Å². The lowest BCUT2D eigenvalue weighted by Crippen LogP contribution is -2.36. The van der Waals surface area contributed by atoms with Crippen LogP contribution >= 0.6 is 24.0 Å². The second-order valence-electron chi connectivity index (χ2n) is 5.32. The number of nitrogens with one attached hydrogen (secondary N) is 2. The predicted molar refractivity (Wildman–Crippen MR) is 92.4 cm³/mol. The monoisotopic (exact) mass is 332 g/mol. The minimum absolute atomic E-state index is 0. The highest BCUT2D eigenvalue weighted by atomic mass is 35.5.